The van der Waals surface area contributed by atoms with E-state index in [9.17, 15) is 4.79 Å². The maximum absolute atomic E-state index is 12.6. The smallest absolute Gasteiger partial charge is 0.273 e. The predicted octanol–water partition coefficient (Wildman–Crippen LogP) is 3.03. The van der Waals surface area contributed by atoms with Gasteiger partial charge in [0.05, 0.1) is 34.8 Å². The van der Waals surface area contributed by atoms with Crippen molar-refractivity contribution in [3.63, 3.8) is 0 Å². The highest BCUT2D eigenvalue weighted by Gasteiger charge is 2.17. The summed E-state index contributed by atoms with van der Waals surface area (Å²) in [6.07, 6.45) is 1.75. The number of aromatic nitrogens is 5. The molecule has 4 aromatic rings. The quantitative estimate of drug-likeness (QED) is 0.539. The molecule has 1 aliphatic heterocycles. The van der Waals surface area contributed by atoms with Crippen LogP contribution < -0.4 is 10.5 Å². The SMILES string of the molecule is Cc1nc(N2CCOCC2)ncc1-c1cc(=O)n(-c2nc3cc(Cl)ccc3s2)[nH]1. The van der Waals surface area contributed by atoms with Gasteiger partial charge in [0.2, 0.25) is 11.1 Å². The van der Waals surface area contributed by atoms with E-state index in [1.165, 1.54) is 16.0 Å². The van der Waals surface area contributed by atoms with E-state index >= 15 is 0 Å². The third-order valence-electron chi connectivity index (χ3n) is 4.80. The number of anilines is 1. The number of hydrogen-bond acceptors (Lipinski definition) is 7. The van der Waals surface area contributed by atoms with Gasteiger partial charge in [-0.2, -0.15) is 4.68 Å². The van der Waals surface area contributed by atoms with Crippen molar-refractivity contribution >= 4 is 39.1 Å². The zero-order chi connectivity index (χ0) is 20.0. The molecular formula is C19H17ClN6O2S. The second-order valence-electron chi connectivity index (χ2n) is 6.72. The molecule has 29 heavy (non-hydrogen) atoms. The molecule has 8 nitrogen and oxygen atoms in total. The Morgan fingerprint density at radius 3 is 2.83 bits per heavy atom. The van der Waals surface area contributed by atoms with Gasteiger partial charge in [0, 0.05) is 35.9 Å². The Kier molecular flexibility index (Phi) is 4.57. The average Bonchev–Trinajstić information content (AvgIpc) is 3.31. The third-order valence-corrected chi connectivity index (χ3v) is 6.06. The number of aromatic amines is 1. The maximum atomic E-state index is 12.6. The minimum atomic E-state index is -0.193. The minimum Gasteiger partial charge on any atom is -0.378 e. The first kappa shape index (κ1) is 18.3. The van der Waals surface area contributed by atoms with Crippen LogP contribution in [0, 0.1) is 6.92 Å². The molecule has 1 aliphatic rings. The van der Waals surface area contributed by atoms with Crippen LogP contribution in [0.2, 0.25) is 5.02 Å². The van der Waals surface area contributed by atoms with Crippen molar-refractivity contribution in [2.45, 2.75) is 6.92 Å². The van der Waals surface area contributed by atoms with Crippen molar-refractivity contribution in [2.75, 3.05) is 31.2 Å². The fraction of sp³-hybridized carbons (Fsp3) is 0.263. The van der Waals surface area contributed by atoms with E-state index in [0.29, 0.717) is 35.0 Å². The third kappa shape index (κ3) is 3.41. The molecule has 10 heteroatoms. The monoisotopic (exact) mass is 428 g/mol. The van der Waals surface area contributed by atoms with E-state index in [1.54, 1.807) is 18.3 Å². The van der Waals surface area contributed by atoms with Crippen LogP contribution in [0.5, 0.6) is 0 Å². The summed E-state index contributed by atoms with van der Waals surface area (Å²) in [6, 6.07) is 7.04. The molecule has 4 heterocycles. The number of halogens is 1. The molecule has 0 unspecified atom stereocenters. The van der Waals surface area contributed by atoms with Gasteiger partial charge in [-0.1, -0.05) is 22.9 Å². The largest absolute Gasteiger partial charge is 0.378 e. The first-order chi connectivity index (χ1) is 14.1. The summed E-state index contributed by atoms with van der Waals surface area (Å²) < 4.78 is 7.77. The van der Waals surface area contributed by atoms with E-state index in [-0.39, 0.29) is 5.56 Å². The second kappa shape index (κ2) is 7.25. The molecule has 0 amide bonds. The molecule has 1 fully saturated rings. The standard InChI is InChI=1S/C19H17ClN6O2S/c1-11-13(10-21-18(22-11)25-4-6-28-7-5-25)14-9-17(27)26(24-14)19-23-15-8-12(20)2-3-16(15)29-19/h2-3,8-10,24H,4-7H2,1H3. The van der Waals surface area contributed by atoms with Crippen molar-refractivity contribution in [3.8, 4) is 16.4 Å². The number of ether oxygens (including phenoxy) is 1. The van der Waals surface area contributed by atoms with Crippen LogP contribution in [-0.2, 0) is 4.74 Å². The van der Waals surface area contributed by atoms with Gasteiger partial charge in [-0.15, -0.1) is 0 Å². The zero-order valence-corrected chi connectivity index (χ0v) is 17.1. The summed E-state index contributed by atoms with van der Waals surface area (Å²) in [5.74, 6) is 0.680. The predicted molar refractivity (Wildman–Crippen MR) is 113 cm³/mol. The Balaban J connectivity index is 1.50. The molecule has 5 rings (SSSR count). The molecule has 1 N–H and O–H groups in total. The molecule has 0 aliphatic carbocycles. The van der Waals surface area contributed by atoms with Crippen molar-refractivity contribution in [3.05, 3.63) is 51.5 Å². The molecule has 0 radical (unpaired) electrons. The number of benzene rings is 1. The van der Waals surface area contributed by atoms with Crippen LogP contribution in [0.25, 0.3) is 26.6 Å². The normalized spacial score (nSPS) is 14.6. The van der Waals surface area contributed by atoms with Gasteiger partial charge in [0.15, 0.2) is 0 Å². The fourth-order valence-electron chi connectivity index (χ4n) is 3.29. The minimum absolute atomic E-state index is 0.193. The van der Waals surface area contributed by atoms with Crippen LogP contribution in [0.4, 0.5) is 5.95 Å². The number of rotatable bonds is 3. The summed E-state index contributed by atoms with van der Waals surface area (Å²) in [5.41, 5.74) is 2.79. The molecule has 3 aromatic heterocycles. The second-order valence-corrected chi connectivity index (χ2v) is 8.17. The number of nitrogens with one attached hydrogen (secondary N) is 1. The van der Waals surface area contributed by atoms with Gasteiger partial charge in [-0.3, -0.25) is 9.89 Å². The number of thiazole rings is 1. The molecule has 1 saturated heterocycles. The van der Waals surface area contributed by atoms with Crippen LogP contribution in [0.15, 0.2) is 35.3 Å². The Morgan fingerprint density at radius 2 is 2.03 bits per heavy atom. The number of nitrogens with zero attached hydrogens (tertiary/aromatic N) is 5. The highest BCUT2D eigenvalue weighted by Crippen LogP contribution is 2.27. The highest BCUT2D eigenvalue weighted by molar-refractivity contribution is 7.20. The first-order valence-electron chi connectivity index (χ1n) is 9.14. The number of morpholine rings is 1. The van der Waals surface area contributed by atoms with Gasteiger partial charge in [-0.25, -0.2) is 15.0 Å². The molecular weight excluding hydrogens is 412 g/mol. The van der Waals surface area contributed by atoms with Crippen molar-refractivity contribution in [1.82, 2.24) is 24.7 Å². The van der Waals surface area contributed by atoms with Gasteiger partial charge >= 0.3 is 0 Å². The van der Waals surface area contributed by atoms with Gasteiger partial charge in [0.1, 0.15) is 0 Å². The zero-order valence-electron chi connectivity index (χ0n) is 15.6. The van der Waals surface area contributed by atoms with Crippen molar-refractivity contribution in [1.29, 1.82) is 0 Å². The number of H-pyrrole nitrogens is 1. The molecule has 0 atom stereocenters. The van der Waals surface area contributed by atoms with Gasteiger partial charge in [-0.05, 0) is 25.1 Å². The maximum Gasteiger partial charge on any atom is 0.273 e. The average molecular weight is 429 g/mol. The van der Waals surface area contributed by atoms with Crippen molar-refractivity contribution < 1.29 is 4.74 Å². The number of hydrogen-bond donors (Lipinski definition) is 1. The van der Waals surface area contributed by atoms with Crippen LogP contribution in [-0.4, -0.2) is 51.0 Å². The summed E-state index contributed by atoms with van der Waals surface area (Å²) in [5, 5.41) is 4.31. The first-order valence-corrected chi connectivity index (χ1v) is 10.3. The Hall–Kier alpha value is -2.75. The number of fused-ring (bicyclic) bond motifs is 1. The van der Waals surface area contributed by atoms with Crippen molar-refractivity contribution in [2.24, 2.45) is 0 Å². The van der Waals surface area contributed by atoms with Crippen LogP contribution in [0.3, 0.4) is 0 Å². The van der Waals surface area contributed by atoms with Crippen LogP contribution >= 0.6 is 22.9 Å². The summed E-state index contributed by atoms with van der Waals surface area (Å²) in [7, 11) is 0. The Bertz CT molecular complexity index is 1260. The number of aryl methyl sites for hydroxylation is 1. The molecule has 1 aromatic carbocycles. The summed E-state index contributed by atoms with van der Waals surface area (Å²) in [6.45, 7) is 4.80. The Morgan fingerprint density at radius 1 is 1.21 bits per heavy atom. The molecule has 148 valence electrons. The van der Waals surface area contributed by atoms with E-state index in [2.05, 4.69) is 25.0 Å². The molecule has 0 spiro atoms. The molecule has 0 bridgehead atoms. The van der Waals surface area contributed by atoms with E-state index < -0.39 is 0 Å². The lowest BCUT2D eigenvalue weighted by Crippen LogP contribution is -2.37. The topological polar surface area (TPSA) is 88.9 Å². The summed E-state index contributed by atoms with van der Waals surface area (Å²) >= 11 is 7.46. The fourth-order valence-corrected chi connectivity index (χ4v) is 4.37. The Labute approximate surface area is 174 Å². The van der Waals surface area contributed by atoms with E-state index in [1.807, 2.05) is 19.1 Å². The lowest BCUT2D eigenvalue weighted by atomic mass is 10.2. The van der Waals surface area contributed by atoms with E-state index in [0.717, 1.165) is 34.6 Å². The van der Waals surface area contributed by atoms with Crippen LogP contribution in [0.1, 0.15) is 5.69 Å². The lowest BCUT2D eigenvalue weighted by Gasteiger charge is -2.27. The van der Waals surface area contributed by atoms with E-state index in [4.69, 9.17) is 16.3 Å². The highest BCUT2D eigenvalue weighted by atomic mass is 35.5. The molecule has 0 saturated carbocycles. The van der Waals surface area contributed by atoms with Gasteiger partial charge in [0.25, 0.3) is 5.56 Å². The van der Waals surface area contributed by atoms with Gasteiger partial charge < -0.3 is 9.64 Å². The summed E-state index contributed by atoms with van der Waals surface area (Å²) in [4.78, 5) is 28.3. The lowest BCUT2D eigenvalue weighted by molar-refractivity contribution is 0.122.